The van der Waals surface area contributed by atoms with Gasteiger partial charge in [0.15, 0.2) is 0 Å². The van der Waals surface area contributed by atoms with Gasteiger partial charge in [0, 0.05) is 23.6 Å². The van der Waals surface area contributed by atoms with Crippen LogP contribution in [-0.4, -0.2) is 9.97 Å². The summed E-state index contributed by atoms with van der Waals surface area (Å²) in [6.07, 6.45) is 3.25. The number of aromatic nitrogens is 2. The minimum Gasteiger partial charge on any atom is -0.438 e. The SMILES string of the molecule is N#Cc1cc(-c2cccnc2Oc2ccc(N)cc2)ccn1. The summed E-state index contributed by atoms with van der Waals surface area (Å²) < 4.78 is 5.82. The molecular formula is C17H12N4O. The number of anilines is 1. The highest BCUT2D eigenvalue weighted by Crippen LogP contribution is 2.31. The number of hydrogen-bond acceptors (Lipinski definition) is 5. The molecule has 3 rings (SSSR count). The molecule has 0 radical (unpaired) electrons. The smallest absolute Gasteiger partial charge is 0.227 e. The monoisotopic (exact) mass is 288 g/mol. The molecule has 2 aromatic heterocycles. The van der Waals surface area contributed by atoms with E-state index in [1.54, 1.807) is 42.7 Å². The molecule has 0 saturated heterocycles. The molecule has 0 bridgehead atoms. The van der Waals surface area contributed by atoms with Crippen LogP contribution in [0, 0.1) is 11.3 Å². The van der Waals surface area contributed by atoms with Crippen LogP contribution in [0.15, 0.2) is 60.9 Å². The number of hydrogen-bond donors (Lipinski definition) is 1. The van der Waals surface area contributed by atoms with Crippen molar-refractivity contribution < 1.29 is 4.74 Å². The van der Waals surface area contributed by atoms with Crippen LogP contribution in [0.4, 0.5) is 5.69 Å². The molecule has 5 nitrogen and oxygen atoms in total. The first-order chi connectivity index (χ1) is 10.8. The summed E-state index contributed by atoms with van der Waals surface area (Å²) in [5.74, 6) is 1.10. The largest absolute Gasteiger partial charge is 0.438 e. The Balaban J connectivity index is 1.99. The Morgan fingerprint density at radius 1 is 1.00 bits per heavy atom. The van der Waals surface area contributed by atoms with Crippen LogP contribution in [0.1, 0.15) is 5.69 Å². The van der Waals surface area contributed by atoms with Crippen LogP contribution in [0.5, 0.6) is 11.6 Å². The molecular weight excluding hydrogens is 276 g/mol. The van der Waals surface area contributed by atoms with Crippen molar-refractivity contribution in [2.75, 3.05) is 5.73 Å². The van der Waals surface area contributed by atoms with Crippen molar-refractivity contribution in [1.29, 1.82) is 5.26 Å². The van der Waals surface area contributed by atoms with E-state index in [0.717, 1.165) is 11.1 Å². The van der Waals surface area contributed by atoms with Gasteiger partial charge in [0.2, 0.25) is 5.88 Å². The Morgan fingerprint density at radius 2 is 1.82 bits per heavy atom. The Bertz CT molecular complexity index is 838. The first-order valence-electron chi connectivity index (χ1n) is 6.61. The lowest BCUT2D eigenvalue weighted by atomic mass is 10.1. The molecule has 0 unspecified atom stereocenters. The maximum atomic E-state index is 8.97. The van der Waals surface area contributed by atoms with Crippen molar-refractivity contribution in [2.45, 2.75) is 0 Å². The summed E-state index contributed by atoms with van der Waals surface area (Å²) in [6, 6.07) is 16.3. The zero-order chi connectivity index (χ0) is 15.4. The number of nitrogens with two attached hydrogens (primary N) is 1. The van der Waals surface area contributed by atoms with E-state index in [1.807, 2.05) is 24.3 Å². The van der Waals surface area contributed by atoms with Gasteiger partial charge in [0.1, 0.15) is 17.5 Å². The van der Waals surface area contributed by atoms with Gasteiger partial charge in [-0.2, -0.15) is 5.26 Å². The average Bonchev–Trinajstić information content (AvgIpc) is 2.57. The highest BCUT2D eigenvalue weighted by atomic mass is 16.5. The van der Waals surface area contributed by atoms with E-state index in [1.165, 1.54) is 0 Å². The summed E-state index contributed by atoms with van der Waals surface area (Å²) >= 11 is 0. The van der Waals surface area contributed by atoms with Gasteiger partial charge in [-0.05, 0) is 54.1 Å². The Labute approximate surface area is 127 Å². The molecule has 0 aliphatic heterocycles. The number of pyridine rings is 2. The lowest BCUT2D eigenvalue weighted by Crippen LogP contribution is -1.93. The van der Waals surface area contributed by atoms with Crippen molar-refractivity contribution in [3.63, 3.8) is 0 Å². The predicted octanol–water partition coefficient (Wildman–Crippen LogP) is 3.39. The summed E-state index contributed by atoms with van der Waals surface area (Å²) in [7, 11) is 0. The van der Waals surface area contributed by atoms with Crippen LogP contribution in [0.25, 0.3) is 11.1 Å². The lowest BCUT2D eigenvalue weighted by Gasteiger charge is -2.10. The first kappa shape index (κ1) is 13.6. The number of benzene rings is 1. The maximum absolute atomic E-state index is 8.97. The van der Waals surface area contributed by atoms with Gasteiger partial charge in [-0.1, -0.05) is 0 Å². The highest BCUT2D eigenvalue weighted by molar-refractivity contribution is 5.69. The van der Waals surface area contributed by atoms with E-state index < -0.39 is 0 Å². The standard InChI is InChI=1S/C17H12N4O/c18-11-14-10-12(7-9-20-14)16-2-1-8-21-17(16)22-15-5-3-13(19)4-6-15/h1-10H,19H2. The van der Waals surface area contributed by atoms with Gasteiger partial charge in [-0.3, -0.25) is 0 Å². The molecule has 0 aliphatic carbocycles. The molecule has 106 valence electrons. The van der Waals surface area contributed by atoms with Gasteiger partial charge in [-0.25, -0.2) is 9.97 Å². The van der Waals surface area contributed by atoms with Crippen molar-refractivity contribution in [2.24, 2.45) is 0 Å². The number of rotatable bonds is 3. The molecule has 1 aromatic carbocycles. The van der Waals surface area contributed by atoms with Gasteiger partial charge in [0.05, 0.1) is 0 Å². The third kappa shape index (κ3) is 2.86. The quantitative estimate of drug-likeness (QED) is 0.747. The fourth-order valence-electron chi connectivity index (χ4n) is 2.00. The number of nitriles is 1. The maximum Gasteiger partial charge on any atom is 0.227 e. The van der Waals surface area contributed by atoms with Gasteiger partial charge >= 0.3 is 0 Å². The van der Waals surface area contributed by atoms with E-state index in [4.69, 9.17) is 15.7 Å². The van der Waals surface area contributed by atoms with Crippen LogP contribution in [0.3, 0.4) is 0 Å². The second-order valence-corrected chi connectivity index (χ2v) is 4.57. The zero-order valence-corrected chi connectivity index (χ0v) is 11.6. The Hall–Kier alpha value is -3.39. The second-order valence-electron chi connectivity index (χ2n) is 4.57. The fraction of sp³-hybridized carbons (Fsp3) is 0. The van der Waals surface area contributed by atoms with E-state index in [-0.39, 0.29) is 0 Å². The minimum absolute atomic E-state index is 0.347. The predicted molar refractivity (Wildman–Crippen MR) is 83.1 cm³/mol. The molecule has 0 spiro atoms. The second kappa shape index (κ2) is 5.94. The van der Waals surface area contributed by atoms with E-state index in [2.05, 4.69) is 9.97 Å². The van der Waals surface area contributed by atoms with Gasteiger partial charge in [0.25, 0.3) is 0 Å². The lowest BCUT2D eigenvalue weighted by molar-refractivity contribution is 0.465. The minimum atomic E-state index is 0.347. The van der Waals surface area contributed by atoms with Crippen LogP contribution < -0.4 is 10.5 Å². The molecule has 0 saturated carbocycles. The van der Waals surface area contributed by atoms with E-state index in [9.17, 15) is 0 Å². The first-order valence-corrected chi connectivity index (χ1v) is 6.61. The third-order valence-corrected chi connectivity index (χ3v) is 3.05. The Kier molecular flexibility index (Phi) is 3.67. The summed E-state index contributed by atoms with van der Waals surface area (Å²) in [5, 5.41) is 8.97. The molecule has 0 aliphatic rings. The topological polar surface area (TPSA) is 84.8 Å². The van der Waals surface area contributed by atoms with Crippen molar-refractivity contribution in [3.8, 4) is 28.8 Å². The fourth-order valence-corrected chi connectivity index (χ4v) is 2.00. The molecule has 2 heterocycles. The van der Waals surface area contributed by atoms with E-state index >= 15 is 0 Å². The van der Waals surface area contributed by atoms with Crippen LogP contribution >= 0.6 is 0 Å². The van der Waals surface area contributed by atoms with Gasteiger partial charge < -0.3 is 10.5 Å². The van der Waals surface area contributed by atoms with Crippen molar-refractivity contribution in [3.05, 3.63) is 66.6 Å². The number of nitrogens with zero attached hydrogens (tertiary/aromatic N) is 3. The molecule has 0 atom stereocenters. The van der Waals surface area contributed by atoms with Crippen LogP contribution in [0.2, 0.25) is 0 Å². The molecule has 0 fully saturated rings. The molecule has 5 heteroatoms. The third-order valence-electron chi connectivity index (χ3n) is 3.05. The normalized spacial score (nSPS) is 9.95. The number of ether oxygens (including phenoxy) is 1. The molecule has 22 heavy (non-hydrogen) atoms. The van der Waals surface area contributed by atoms with Crippen molar-refractivity contribution >= 4 is 5.69 Å². The number of nitrogen functional groups attached to an aromatic ring is 1. The molecule has 3 aromatic rings. The molecule has 2 N–H and O–H groups in total. The summed E-state index contributed by atoms with van der Waals surface area (Å²) in [6.45, 7) is 0. The molecule has 0 amide bonds. The average molecular weight is 288 g/mol. The summed E-state index contributed by atoms with van der Waals surface area (Å²) in [4.78, 5) is 8.24. The van der Waals surface area contributed by atoms with Crippen molar-refractivity contribution in [1.82, 2.24) is 9.97 Å². The highest BCUT2D eigenvalue weighted by Gasteiger charge is 2.09. The Morgan fingerprint density at radius 3 is 2.59 bits per heavy atom. The van der Waals surface area contributed by atoms with Gasteiger partial charge in [-0.15, -0.1) is 0 Å². The van der Waals surface area contributed by atoms with Crippen LogP contribution in [-0.2, 0) is 0 Å². The zero-order valence-electron chi connectivity index (χ0n) is 11.6. The van der Waals surface area contributed by atoms with E-state index in [0.29, 0.717) is 23.0 Å². The summed E-state index contributed by atoms with van der Waals surface area (Å²) in [5.41, 5.74) is 8.29.